The number of carbonyl (C=O) groups excluding carboxylic acids is 1. The van der Waals surface area contributed by atoms with Crippen LogP contribution in [0.2, 0.25) is 0 Å². The van der Waals surface area contributed by atoms with Gasteiger partial charge in [0.25, 0.3) is 0 Å². The number of carbonyl (C=O) groups is 1. The van der Waals surface area contributed by atoms with Crippen molar-refractivity contribution in [2.75, 3.05) is 20.2 Å². The van der Waals surface area contributed by atoms with Crippen molar-refractivity contribution >= 4 is 12.0 Å². The molecule has 0 aliphatic carbocycles. The lowest BCUT2D eigenvalue weighted by atomic mass is 10.0. The molecule has 22 heavy (non-hydrogen) atoms. The van der Waals surface area contributed by atoms with Crippen molar-refractivity contribution in [3.63, 3.8) is 0 Å². The molecule has 1 saturated heterocycles. The molecular weight excluding hydrogens is 274 g/mol. The summed E-state index contributed by atoms with van der Waals surface area (Å²) in [4.78, 5) is 13.7. The fourth-order valence-electron chi connectivity index (χ4n) is 2.96. The molecule has 1 aromatic carbocycles. The molecule has 120 valence electrons. The van der Waals surface area contributed by atoms with Crippen LogP contribution in [-0.2, 0) is 9.53 Å². The molecule has 3 heteroatoms. The van der Waals surface area contributed by atoms with Gasteiger partial charge in [-0.25, -0.2) is 4.79 Å². The van der Waals surface area contributed by atoms with Crippen LogP contribution < -0.4 is 0 Å². The van der Waals surface area contributed by atoms with Crippen LogP contribution in [0.25, 0.3) is 6.08 Å². The Morgan fingerprint density at radius 3 is 2.73 bits per heavy atom. The van der Waals surface area contributed by atoms with Crippen LogP contribution in [-0.4, -0.2) is 31.1 Å². The quantitative estimate of drug-likeness (QED) is 0.586. The van der Waals surface area contributed by atoms with Gasteiger partial charge in [0.05, 0.1) is 7.11 Å². The Morgan fingerprint density at radius 1 is 1.36 bits per heavy atom. The highest BCUT2D eigenvalue weighted by Gasteiger charge is 2.25. The predicted octanol–water partition coefficient (Wildman–Crippen LogP) is 4.06. The zero-order chi connectivity index (χ0) is 15.9. The summed E-state index contributed by atoms with van der Waals surface area (Å²) in [5.74, 6) is 0.437. The van der Waals surface area contributed by atoms with Crippen LogP contribution >= 0.6 is 0 Å². The number of ether oxygens (including phenoxy) is 1. The molecule has 0 bridgehead atoms. The molecular formula is C19H27NO2. The fraction of sp³-hybridized carbons (Fsp3) is 0.526. The number of methoxy groups -OCH3 is 1. The number of benzene rings is 1. The molecule has 0 amide bonds. The average Bonchev–Trinajstić information content (AvgIpc) is 2.99. The highest BCUT2D eigenvalue weighted by molar-refractivity contribution is 5.86. The number of likely N-dealkylation sites (tertiary alicyclic amines) is 1. The SMILES string of the molecule is COC(=O)C=Cc1ccc([C@@H]2CCCN2CCC(C)C)cc1. The Morgan fingerprint density at radius 2 is 2.09 bits per heavy atom. The summed E-state index contributed by atoms with van der Waals surface area (Å²) in [5, 5.41) is 0. The molecule has 0 aromatic heterocycles. The average molecular weight is 301 g/mol. The van der Waals surface area contributed by atoms with Crippen LogP contribution in [0.3, 0.4) is 0 Å². The van der Waals surface area contributed by atoms with E-state index in [2.05, 4.69) is 47.7 Å². The molecule has 1 atom stereocenters. The highest BCUT2D eigenvalue weighted by Crippen LogP contribution is 2.32. The fourth-order valence-corrected chi connectivity index (χ4v) is 2.96. The molecule has 2 rings (SSSR count). The van der Waals surface area contributed by atoms with Crippen molar-refractivity contribution < 1.29 is 9.53 Å². The minimum Gasteiger partial charge on any atom is -0.466 e. The smallest absolute Gasteiger partial charge is 0.330 e. The van der Waals surface area contributed by atoms with Crippen LogP contribution in [0.15, 0.2) is 30.3 Å². The van der Waals surface area contributed by atoms with E-state index in [4.69, 9.17) is 0 Å². The lowest BCUT2D eigenvalue weighted by molar-refractivity contribution is -0.134. The van der Waals surface area contributed by atoms with Crippen molar-refractivity contribution in [3.05, 3.63) is 41.5 Å². The molecule has 0 radical (unpaired) electrons. The van der Waals surface area contributed by atoms with Gasteiger partial charge in [-0.3, -0.25) is 4.90 Å². The topological polar surface area (TPSA) is 29.5 Å². The van der Waals surface area contributed by atoms with Crippen LogP contribution in [0.5, 0.6) is 0 Å². The summed E-state index contributed by atoms with van der Waals surface area (Å²) in [5.41, 5.74) is 2.41. The second-order valence-corrected chi connectivity index (χ2v) is 6.40. The first-order chi connectivity index (χ1) is 10.6. The summed E-state index contributed by atoms with van der Waals surface area (Å²) in [6.07, 6.45) is 7.04. The maximum absolute atomic E-state index is 11.1. The number of hydrogen-bond donors (Lipinski definition) is 0. The van der Waals surface area contributed by atoms with Crippen molar-refractivity contribution in [1.29, 1.82) is 0 Å². The van der Waals surface area contributed by atoms with E-state index in [9.17, 15) is 4.79 Å². The molecule has 0 unspecified atom stereocenters. The minimum absolute atomic E-state index is 0.320. The first-order valence-electron chi connectivity index (χ1n) is 8.20. The van der Waals surface area contributed by atoms with Gasteiger partial charge in [0.2, 0.25) is 0 Å². The Balaban J connectivity index is 1.99. The van der Waals surface area contributed by atoms with Crippen molar-refractivity contribution in [2.45, 2.75) is 39.2 Å². The summed E-state index contributed by atoms with van der Waals surface area (Å²) < 4.78 is 4.60. The van der Waals surface area contributed by atoms with Gasteiger partial charge in [-0.05, 0) is 55.5 Å². The Hall–Kier alpha value is -1.61. The largest absolute Gasteiger partial charge is 0.466 e. The minimum atomic E-state index is -0.320. The third-order valence-corrected chi connectivity index (χ3v) is 4.29. The van der Waals surface area contributed by atoms with Gasteiger partial charge in [-0.1, -0.05) is 38.1 Å². The summed E-state index contributed by atoms with van der Waals surface area (Å²) in [6.45, 7) is 6.97. The molecule has 1 aromatic rings. The first kappa shape index (κ1) is 16.8. The van der Waals surface area contributed by atoms with Crippen molar-refractivity contribution in [1.82, 2.24) is 4.90 Å². The predicted molar refractivity (Wildman–Crippen MR) is 90.5 cm³/mol. The third kappa shape index (κ3) is 4.70. The van der Waals surface area contributed by atoms with E-state index in [0.717, 1.165) is 11.5 Å². The Bertz CT molecular complexity index is 505. The van der Waals surface area contributed by atoms with Crippen LogP contribution in [0.4, 0.5) is 0 Å². The van der Waals surface area contributed by atoms with Gasteiger partial charge in [-0.15, -0.1) is 0 Å². The number of rotatable bonds is 6. The lowest BCUT2D eigenvalue weighted by Gasteiger charge is -2.25. The zero-order valence-electron chi connectivity index (χ0n) is 13.9. The highest BCUT2D eigenvalue weighted by atomic mass is 16.5. The standard InChI is InChI=1S/C19H27NO2/c1-15(2)12-14-20-13-4-5-18(20)17-9-6-16(7-10-17)8-11-19(21)22-3/h6-11,15,18H,4-5,12-14H2,1-3H3/t18-/m0/s1. The van der Waals surface area contributed by atoms with E-state index in [0.29, 0.717) is 6.04 Å². The van der Waals surface area contributed by atoms with E-state index in [-0.39, 0.29) is 5.97 Å². The maximum atomic E-state index is 11.1. The Labute approximate surface area is 134 Å². The Kier molecular flexibility index (Phi) is 6.20. The van der Waals surface area contributed by atoms with E-state index in [1.807, 2.05) is 0 Å². The van der Waals surface area contributed by atoms with Crippen LogP contribution in [0.1, 0.15) is 50.3 Å². The molecule has 0 saturated carbocycles. The van der Waals surface area contributed by atoms with Gasteiger partial charge in [0, 0.05) is 12.1 Å². The number of nitrogens with zero attached hydrogens (tertiary/aromatic N) is 1. The second-order valence-electron chi connectivity index (χ2n) is 6.40. The first-order valence-corrected chi connectivity index (χ1v) is 8.20. The third-order valence-electron chi connectivity index (χ3n) is 4.29. The molecule has 0 spiro atoms. The number of hydrogen-bond acceptors (Lipinski definition) is 3. The van der Waals surface area contributed by atoms with Crippen LogP contribution in [0, 0.1) is 5.92 Å². The van der Waals surface area contributed by atoms with Crippen molar-refractivity contribution in [3.8, 4) is 0 Å². The van der Waals surface area contributed by atoms with Gasteiger partial charge in [-0.2, -0.15) is 0 Å². The molecule has 3 nitrogen and oxygen atoms in total. The lowest BCUT2D eigenvalue weighted by Crippen LogP contribution is -2.25. The summed E-state index contributed by atoms with van der Waals surface area (Å²) in [7, 11) is 1.39. The van der Waals surface area contributed by atoms with Gasteiger partial charge in [0.1, 0.15) is 0 Å². The second kappa shape index (κ2) is 8.14. The maximum Gasteiger partial charge on any atom is 0.330 e. The van der Waals surface area contributed by atoms with E-state index >= 15 is 0 Å². The molecule has 1 heterocycles. The molecule has 1 fully saturated rings. The number of esters is 1. The van der Waals surface area contributed by atoms with Gasteiger partial charge >= 0.3 is 5.97 Å². The van der Waals surface area contributed by atoms with E-state index < -0.39 is 0 Å². The summed E-state index contributed by atoms with van der Waals surface area (Å²) in [6, 6.07) is 9.09. The van der Waals surface area contributed by atoms with E-state index in [1.54, 1.807) is 6.08 Å². The van der Waals surface area contributed by atoms with E-state index in [1.165, 1.54) is 51.1 Å². The zero-order valence-corrected chi connectivity index (χ0v) is 13.9. The summed E-state index contributed by atoms with van der Waals surface area (Å²) >= 11 is 0. The normalized spacial score (nSPS) is 19.2. The van der Waals surface area contributed by atoms with Gasteiger partial charge < -0.3 is 4.74 Å². The van der Waals surface area contributed by atoms with Crippen molar-refractivity contribution in [2.24, 2.45) is 5.92 Å². The van der Waals surface area contributed by atoms with Gasteiger partial charge in [0.15, 0.2) is 0 Å². The molecule has 1 aliphatic heterocycles. The molecule has 0 N–H and O–H groups in total. The molecule has 1 aliphatic rings. The monoisotopic (exact) mass is 301 g/mol.